The van der Waals surface area contributed by atoms with Crippen LogP contribution in [0, 0.1) is 0 Å². The number of piperidine rings is 1. The van der Waals surface area contributed by atoms with E-state index in [1.165, 1.54) is 18.4 Å². The molecule has 2 heterocycles. The molecule has 0 unspecified atom stereocenters. The first-order valence-corrected chi connectivity index (χ1v) is 6.89. The first kappa shape index (κ1) is 13.3. The van der Waals surface area contributed by atoms with Crippen molar-refractivity contribution in [1.29, 1.82) is 0 Å². The van der Waals surface area contributed by atoms with Crippen molar-refractivity contribution in [3.63, 3.8) is 0 Å². The fraction of sp³-hybridized carbons (Fsp3) is 0.667. The van der Waals surface area contributed by atoms with E-state index in [9.17, 15) is 0 Å². The number of anilines is 1. The van der Waals surface area contributed by atoms with Crippen molar-refractivity contribution in [1.82, 2.24) is 10.3 Å². The summed E-state index contributed by atoms with van der Waals surface area (Å²) in [5.41, 5.74) is 1.49. The van der Waals surface area contributed by atoms with E-state index in [4.69, 9.17) is 0 Å². The number of pyridine rings is 1. The van der Waals surface area contributed by atoms with Gasteiger partial charge in [0.1, 0.15) is 5.82 Å². The number of hydrogen-bond donors (Lipinski definition) is 1. The van der Waals surface area contributed by atoms with Crippen molar-refractivity contribution in [2.45, 2.75) is 45.1 Å². The molecule has 0 radical (unpaired) electrons. The monoisotopic (exact) mass is 247 g/mol. The lowest BCUT2D eigenvalue weighted by Crippen LogP contribution is -2.41. The zero-order chi connectivity index (χ0) is 13.2. The minimum atomic E-state index is 0.185. The maximum Gasteiger partial charge on any atom is 0.128 e. The Morgan fingerprint density at radius 1 is 1.22 bits per heavy atom. The number of nitrogens with one attached hydrogen (secondary N) is 1. The molecule has 3 heteroatoms. The van der Waals surface area contributed by atoms with Gasteiger partial charge in [-0.05, 0) is 36.9 Å². The normalized spacial score (nSPS) is 18.1. The predicted octanol–water partition coefficient (Wildman–Crippen LogP) is 2.57. The molecule has 0 bridgehead atoms. The average molecular weight is 247 g/mol. The molecule has 18 heavy (non-hydrogen) atoms. The van der Waals surface area contributed by atoms with Crippen LogP contribution in [-0.4, -0.2) is 31.2 Å². The summed E-state index contributed by atoms with van der Waals surface area (Å²) in [5.74, 6) is 1.12. The quantitative estimate of drug-likeness (QED) is 0.870. The summed E-state index contributed by atoms with van der Waals surface area (Å²) in [5, 5.41) is 3.36. The highest BCUT2D eigenvalue weighted by Crippen LogP contribution is 2.24. The van der Waals surface area contributed by atoms with Gasteiger partial charge in [0.2, 0.25) is 0 Å². The fourth-order valence-electron chi connectivity index (χ4n) is 2.41. The Labute approximate surface area is 111 Å². The third-order valence-corrected chi connectivity index (χ3v) is 3.84. The summed E-state index contributed by atoms with van der Waals surface area (Å²) in [6, 6.07) is 5.06. The van der Waals surface area contributed by atoms with Crippen LogP contribution in [0.25, 0.3) is 0 Å². The van der Waals surface area contributed by atoms with Crippen LogP contribution >= 0.6 is 0 Å². The summed E-state index contributed by atoms with van der Waals surface area (Å²) in [4.78, 5) is 7.01. The third-order valence-electron chi connectivity index (χ3n) is 3.84. The number of aromatic nitrogens is 1. The van der Waals surface area contributed by atoms with Crippen LogP contribution in [0.2, 0.25) is 0 Å². The Bertz CT molecular complexity index is 370. The van der Waals surface area contributed by atoms with E-state index in [-0.39, 0.29) is 5.41 Å². The van der Waals surface area contributed by atoms with E-state index in [0.29, 0.717) is 6.04 Å². The number of hydrogen-bond acceptors (Lipinski definition) is 3. The molecule has 1 fully saturated rings. The fourth-order valence-corrected chi connectivity index (χ4v) is 2.41. The summed E-state index contributed by atoms with van der Waals surface area (Å²) in [6.45, 7) is 8.88. The van der Waals surface area contributed by atoms with Crippen LogP contribution in [0.1, 0.15) is 39.2 Å². The summed E-state index contributed by atoms with van der Waals surface area (Å²) >= 11 is 0. The van der Waals surface area contributed by atoms with Gasteiger partial charge < -0.3 is 10.2 Å². The van der Waals surface area contributed by atoms with Gasteiger partial charge in [-0.3, -0.25) is 0 Å². The maximum absolute atomic E-state index is 4.63. The van der Waals surface area contributed by atoms with Crippen molar-refractivity contribution < 1.29 is 0 Å². The van der Waals surface area contributed by atoms with Gasteiger partial charge >= 0.3 is 0 Å². The topological polar surface area (TPSA) is 28.2 Å². The van der Waals surface area contributed by atoms with Gasteiger partial charge in [-0.15, -0.1) is 0 Å². The molecular weight excluding hydrogens is 222 g/mol. The average Bonchev–Trinajstić information content (AvgIpc) is 2.38. The molecule has 1 saturated heterocycles. The van der Waals surface area contributed by atoms with Gasteiger partial charge in [-0.1, -0.05) is 26.8 Å². The number of rotatable bonds is 2. The molecular formula is C15H25N3. The summed E-state index contributed by atoms with van der Waals surface area (Å²) < 4.78 is 0. The third kappa shape index (κ3) is 3.02. The van der Waals surface area contributed by atoms with Crippen LogP contribution in [0.15, 0.2) is 18.3 Å². The van der Waals surface area contributed by atoms with E-state index < -0.39 is 0 Å². The maximum atomic E-state index is 4.63. The Morgan fingerprint density at radius 2 is 1.89 bits per heavy atom. The SMILES string of the molecule is CNC1CCN(c2ccc(C(C)(C)C)cn2)CC1. The van der Waals surface area contributed by atoms with E-state index in [1.54, 1.807) is 0 Å². The zero-order valence-corrected chi connectivity index (χ0v) is 12.0. The molecule has 100 valence electrons. The molecule has 0 atom stereocenters. The smallest absolute Gasteiger partial charge is 0.128 e. The summed E-state index contributed by atoms with van der Waals surface area (Å²) in [6.07, 6.45) is 4.44. The highest BCUT2D eigenvalue weighted by atomic mass is 15.2. The first-order valence-electron chi connectivity index (χ1n) is 6.89. The van der Waals surface area contributed by atoms with Gasteiger partial charge in [-0.25, -0.2) is 4.98 Å². The van der Waals surface area contributed by atoms with Crippen molar-refractivity contribution in [2.24, 2.45) is 0 Å². The molecule has 1 N–H and O–H groups in total. The highest BCUT2D eigenvalue weighted by molar-refractivity contribution is 5.41. The standard InChI is InChI=1S/C15H25N3/c1-15(2,3)12-5-6-14(17-11-12)18-9-7-13(16-4)8-10-18/h5-6,11,13,16H,7-10H2,1-4H3. The Morgan fingerprint density at radius 3 is 2.33 bits per heavy atom. The van der Waals surface area contributed by atoms with E-state index in [1.807, 2.05) is 6.20 Å². The molecule has 3 nitrogen and oxygen atoms in total. The minimum absolute atomic E-state index is 0.185. The Balaban J connectivity index is 2.02. The molecule has 0 amide bonds. The molecule has 0 aromatic carbocycles. The Kier molecular flexibility index (Phi) is 3.91. The van der Waals surface area contributed by atoms with Crippen molar-refractivity contribution in [3.05, 3.63) is 23.9 Å². The lowest BCUT2D eigenvalue weighted by atomic mass is 9.88. The molecule has 2 rings (SSSR count). The predicted molar refractivity (Wildman–Crippen MR) is 77.2 cm³/mol. The summed E-state index contributed by atoms with van der Waals surface area (Å²) in [7, 11) is 2.05. The van der Waals surface area contributed by atoms with Gasteiger partial charge in [0.15, 0.2) is 0 Å². The van der Waals surface area contributed by atoms with Crippen LogP contribution in [-0.2, 0) is 5.41 Å². The lowest BCUT2D eigenvalue weighted by Gasteiger charge is -2.33. The molecule has 0 spiro atoms. The van der Waals surface area contributed by atoms with Gasteiger partial charge in [-0.2, -0.15) is 0 Å². The molecule has 1 aliphatic rings. The van der Waals surface area contributed by atoms with Gasteiger partial charge in [0, 0.05) is 25.3 Å². The highest BCUT2D eigenvalue weighted by Gasteiger charge is 2.19. The van der Waals surface area contributed by atoms with Crippen LogP contribution in [0.4, 0.5) is 5.82 Å². The van der Waals surface area contributed by atoms with E-state index in [0.717, 1.165) is 18.9 Å². The van der Waals surface area contributed by atoms with E-state index in [2.05, 4.69) is 55.2 Å². The van der Waals surface area contributed by atoms with Crippen LogP contribution in [0.5, 0.6) is 0 Å². The molecule has 1 aliphatic heterocycles. The Hall–Kier alpha value is -1.09. The second-order valence-electron chi connectivity index (χ2n) is 6.21. The van der Waals surface area contributed by atoms with Gasteiger partial charge in [0.05, 0.1) is 0 Å². The lowest BCUT2D eigenvalue weighted by molar-refractivity contribution is 0.440. The first-order chi connectivity index (χ1) is 8.50. The molecule has 1 aromatic heterocycles. The van der Waals surface area contributed by atoms with Crippen molar-refractivity contribution in [2.75, 3.05) is 25.0 Å². The van der Waals surface area contributed by atoms with Crippen LogP contribution < -0.4 is 10.2 Å². The van der Waals surface area contributed by atoms with E-state index >= 15 is 0 Å². The molecule has 0 saturated carbocycles. The van der Waals surface area contributed by atoms with Crippen LogP contribution in [0.3, 0.4) is 0 Å². The van der Waals surface area contributed by atoms with Crippen molar-refractivity contribution in [3.8, 4) is 0 Å². The largest absolute Gasteiger partial charge is 0.357 e. The van der Waals surface area contributed by atoms with Crippen molar-refractivity contribution >= 4 is 5.82 Å². The second-order valence-corrected chi connectivity index (χ2v) is 6.21. The molecule has 0 aliphatic carbocycles. The van der Waals surface area contributed by atoms with Gasteiger partial charge in [0.25, 0.3) is 0 Å². The zero-order valence-electron chi connectivity index (χ0n) is 12.0. The number of nitrogens with zero attached hydrogens (tertiary/aromatic N) is 2. The molecule has 1 aromatic rings. The minimum Gasteiger partial charge on any atom is -0.357 e. The second kappa shape index (κ2) is 5.27.